The molecule has 0 amide bonds. The Hall–Kier alpha value is -0.510. The van der Waals surface area contributed by atoms with E-state index in [0.29, 0.717) is 5.92 Å². The van der Waals surface area contributed by atoms with E-state index in [1.807, 2.05) is 24.3 Å². The molecule has 21 heavy (non-hydrogen) atoms. The first-order valence-corrected chi connectivity index (χ1v) is 9.04. The molecular formula is C17H17Br2ClO. The van der Waals surface area contributed by atoms with Crippen molar-refractivity contribution in [3.05, 3.63) is 63.1 Å². The highest BCUT2D eigenvalue weighted by atomic mass is 79.9. The summed E-state index contributed by atoms with van der Waals surface area (Å²) >= 11 is 13.4. The maximum atomic E-state index is 6.31. The van der Waals surface area contributed by atoms with Crippen molar-refractivity contribution in [2.24, 2.45) is 5.92 Å². The molecule has 0 radical (unpaired) electrons. The van der Waals surface area contributed by atoms with Gasteiger partial charge in [0.05, 0.1) is 7.11 Å². The normalized spacial score (nSPS) is 12.2. The summed E-state index contributed by atoms with van der Waals surface area (Å²) in [5.74, 6) is 1.40. The number of hydrogen-bond donors (Lipinski definition) is 0. The molecule has 1 unspecified atom stereocenters. The Labute approximate surface area is 147 Å². The van der Waals surface area contributed by atoms with E-state index in [1.165, 1.54) is 11.1 Å². The van der Waals surface area contributed by atoms with Crippen LogP contribution in [0.5, 0.6) is 5.75 Å². The predicted octanol–water partition coefficient (Wildman–Crippen LogP) is 5.91. The standard InChI is InChI=1S/C17H17Br2ClO/c1-21-16-6-2-12(3-7-16)8-13(11-18)9-14-4-5-15(19)10-17(14)20/h2-7,10,13H,8-9,11H2,1H3. The lowest BCUT2D eigenvalue weighted by Crippen LogP contribution is -2.10. The summed E-state index contributed by atoms with van der Waals surface area (Å²) < 4.78 is 6.21. The van der Waals surface area contributed by atoms with Gasteiger partial charge >= 0.3 is 0 Å². The van der Waals surface area contributed by atoms with Gasteiger partial charge in [-0.15, -0.1) is 0 Å². The van der Waals surface area contributed by atoms with Crippen molar-refractivity contribution < 1.29 is 4.74 Å². The van der Waals surface area contributed by atoms with Crippen LogP contribution in [-0.2, 0) is 12.8 Å². The van der Waals surface area contributed by atoms with E-state index in [2.05, 4.69) is 50.1 Å². The van der Waals surface area contributed by atoms with E-state index >= 15 is 0 Å². The lowest BCUT2D eigenvalue weighted by atomic mass is 9.94. The Morgan fingerprint density at radius 2 is 1.81 bits per heavy atom. The smallest absolute Gasteiger partial charge is 0.118 e. The molecule has 112 valence electrons. The second kappa shape index (κ2) is 8.21. The third kappa shape index (κ3) is 5.01. The number of rotatable bonds is 6. The van der Waals surface area contributed by atoms with Crippen LogP contribution in [0.1, 0.15) is 11.1 Å². The third-order valence-electron chi connectivity index (χ3n) is 3.43. The minimum absolute atomic E-state index is 0.511. The number of ether oxygens (including phenoxy) is 1. The van der Waals surface area contributed by atoms with Gasteiger partial charge in [0.15, 0.2) is 0 Å². The second-order valence-corrected chi connectivity index (χ2v) is 6.98. The molecule has 0 fully saturated rings. The number of methoxy groups -OCH3 is 1. The van der Waals surface area contributed by atoms with Gasteiger partial charge in [0.25, 0.3) is 0 Å². The van der Waals surface area contributed by atoms with Crippen LogP contribution in [0.4, 0.5) is 0 Å². The lowest BCUT2D eigenvalue weighted by molar-refractivity contribution is 0.414. The molecule has 0 aliphatic rings. The Morgan fingerprint density at radius 1 is 1.10 bits per heavy atom. The van der Waals surface area contributed by atoms with Crippen molar-refractivity contribution >= 4 is 43.5 Å². The summed E-state index contributed by atoms with van der Waals surface area (Å²) in [6, 6.07) is 14.3. The van der Waals surface area contributed by atoms with E-state index in [9.17, 15) is 0 Å². The van der Waals surface area contributed by atoms with Crippen molar-refractivity contribution in [2.75, 3.05) is 12.4 Å². The Bertz CT molecular complexity index is 584. The first-order chi connectivity index (χ1) is 10.1. The van der Waals surface area contributed by atoms with Crippen LogP contribution in [0.25, 0.3) is 0 Å². The maximum Gasteiger partial charge on any atom is 0.118 e. The zero-order chi connectivity index (χ0) is 15.2. The van der Waals surface area contributed by atoms with Crippen LogP contribution < -0.4 is 4.74 Å². The summed E-state index contributed by atoms with van der Waals surface area (Å²) in [6.45, 7) is 0. The van der Waals surface area contributed by atoms with Crippen LogP contribution in [0.3, 0.4) is 0 Å². The molecule has 0 bridgehead atoms. The largest absolute Gasteiger partial charge is 0.497 e. The minimum Gasteiger partial charge on any atom is -0.497 e. The summed E-state index contributed by atoms with van der Waals surface area (Å²) in [5.41, 5.74) is 2.51. The summed E-state index contributed by atoms with van der Waals surface area (Å²) in [7, 11) is 1.69. The monoisotopic (exact) mass is 430 g/mol. The number of benzene rings is 2. The van der Waals surface area contributed by atoms with Gasteiger partial charge in [-0.2, -0.15) is 0 Å². The van der Waals surface area contributed by atoms with E-state index in [-0.39, 0.29) is 0 Å². The van der Waals surface area contributed by atoms with E-state index in [4.69, 9.17) is 16.3 Å². The van der Waals surface area contributed by atoms with Gasteiger partial charge in [0.1, 0.15) is 5.75 Å². The van der Waals surface area contributed by atoms with Gasteiger partial charge in [-0.25, -0.2) is 0 Å². The Balaban J connectivity index is 2.05. The van der Waals surface area contributed by atoms with Crippen molar-refractivity contribution in [1.29, 1.82) is 0 Å². The molecule has 0 heterocycles. The first-order valence-electron chi connectivity index (χ1n) is 6.75. The molecular weight excluding hydrogens is 415 g/mol. The van der Waals surface area contributed by atoms with Crippen LogP contribution in [0, 0.1) is 5.92 Å². The SMILES string of the molecule is COc1ccc(CC(CBr)Cc2ccc(Br)cc2Cl)cc1. The molecule has 0 aromatic heterocycles. The molecule has 1 nitrogen and oxygen atoms in total. The predicted molar refractivity (Wildman–Crippen MR) is 96.8 cm³/mol. The number of alkyl halides is 1. The number of halogens is 3. The Morgan fingerprint density at radius 3 is 2.38 bits per heavy atom. The quantitative estimate of drug-likeness (QED) is 0.516. The van der Waals surface area contributed by atoms with E-state index < -0.39 is 0 Å². The topological polar surface area (TPSA) is 9.23 Å². The third-order valence-corrected chi connectivity index (χ3v) is 5.19. The van der Waals surface area contributed by atoms with Gasteiger partial charge in [0.2, 0.25) is 0 Å². The highest BCUT2D eigenvalue weighted by molar-refractivity contribution is 9.10. The molecule has 0 aliphatic carbocycles. The molecule has 0 saturated heterocycles. The molecule has 0 N–H and O–H groups in total. The van der Waals surface area contributed by atoms with Gasteiger partial charge in [-0.1, -0.05) is 61.7 Å². The molecule has 0 aliphatic heterocycles. The molecule has 2 rings (SSSR count). The van der Waals surface area contributed by atoms with Gasteiger partial charge in [0, 0.05) is 14.8 Å². The maximum absolute atomic E-state index is 6.31. The fourth-order valence-corrected chi connectivity index (χ4v) is 3.48. The van der Waals surface area contributed by atoms with Crippen LogP contribution in [0.2, 0.25) is 5.02 Å². The molecule has 0 saturated carbocycles. The molecule has 1 atom stereocenters. The zero-order valence-electron chi connectivity index (χ0n) is 11.8. The second-order valence-electron chi connectivity index (χ2n) is 5.01. The fourth-order valence-electron chi connectivity index (χ4n) is 2.27. The van der Waals surface area contributed by atoms with Gasteiger partial charge < -0.3 is 4.74 Å². The van der Waals surface area contributed by atoms with Crippen LogP contribution >= 0.6 is 43.5 Å². The summed E-state index contributed by atoms with van der Waals surface area (Å²) in [4.78, 5) is 0. The van der Waals surface area contributed by atoms with Crippen molar-refractivity contribution in [3.63, 3.8) is 0 Å². The van der Waals surface area contributed by atoms with Gasteiger partial charge in [-0.3, -0.25) is 0 Å². The minimum atomic E-state index is 0.511. The lowest BCUT2D eigenvalue weighted by Gasteiger charge is -2.15. The zero-order valence-corrected chi connectivity index (χ0v) is 15.7. The van der Waals surface area contributed by atoms with Gasteiger partial charge in [-0.05, 0) is 54.2 Å². The van der Waals surface area contributed by atoms with Crippen LogP contribution in [-0.4, -0.2) is 12.4 Å². The van der Waals surface area contributed by atoms with Crippen molar-refractivity contribution in [2.45, 2.75) is 12.8 Å². The first kappa shape index (κ1) is 16.9. The average molecular weight is 433 g/mol. The fraction of sp³-hybridized carbons (Fsp3) is 0.294. The van der Waals surface area contributed by atoms with Crippen molar-refractivity contribution in [1.82, 2.24) is 0 Å². The molecule has 0 spiro atoms. The van der Waals surface area contributed by atoms with E-state index in [1.54, 1.807) is 7.11 Å². The molecule has 2 aromatic carbocycles. The highest BCUT2D eigenvalue weighted by Gasteiger charge is 2.12. The number of hydrogen-bond acceptors (Lipinski definition) is 1. The van der Waals surface area contributed by atoms with E-state index in [0.717, 1.165) is 33.4 Å². The molecule has 4 heteroatoms. The molecule has 2 aromatic rings. The Kier molecular flexibility index (Phi) is 6.59. The summed E-state index contributed by atoms with van der Waals surface area (Å²) in [6.07, 6.45) is 1.98. The summed E-state index contributed by atoms with van der Waals surface area (Å²) in [5, 5.41) is 1.77. The highest BCUT2D eigenvalue weighted by Crippen LogP contribution is 2.26. The van der Waals surface area contributed by atoms with Crippen molar-refractivity contribution in [3.8, 4) is 5.75 Å². The average Bonchev–Trinajstić information content (AvgIpc) is 2.49. The van der Waals surface area contributed by atoms with Crippen LogP contribution in [0.15, 0.2) is 46.9 Å².